The molecule has 0 saturated carbocycles. The number of fused-ring (bicyclic) bond motifs is 1. The normalized spacial score (nSPS) is 17.2. The summed E-state index contributed by atoms with van der Waals surface area (Å²) in [5.41, 5.74) is 1.39. The lowest BCUT2D eigenvalue weighted by Crippen LogP contribution is -2.11. The van der Waals surface area contributed by atoms with Crippen molar-refractivity contribution >= 4 is 23.4 Å². The van der Waals surface area contributed by atoms with Crippen LogP contribution >= 0.6 is 11.6 Å². The summed E-state index contributed by atoms with van der Waals surface area (Å²) >= 11 is 5.80. The third-order valence-electron chi connectivity index (χ3n) is 2.68. The van der Waals surface area contributed by atoms with Crippen molar-refractivity contribution in [2.24, 2.45) is 0 Å². The predicted octanol–water partition coefficient (Wildman–Crippen LogP) is 3.02. The number of esters is 1. The molecule has 4 nitrogen and oxygen atoms in total. The van der Waals surface area contributed by atoms with Gasteiger partial charge in [-0.15, -0.1) is 0 Å². The number of halogens is 1. The molecule has 0 radical (unpaired) electrons. The second-order valence-corrected chi connectivity index (χ2v) is 4.25. The number of carbonyl (C=O) groups excluding carboxylic acids is 1. The van der Waals surface area contributed by atoms with Crippen LogP contribution in [0.3, 0.4) is 0 Å². The highest BCUT2D eigenvalue weighted by atomic mass is 35.5. The van der Waals surface area contributed by atoms with Gasteiger partial charge in [0.1, 0.15) is 11.0 Å². The van der Waals surface area contributed by atoms with Crippen molar-refractivity contribution in [1.29, 1.82) is 0 Å². The van der Waals surface area contributed by atoms with Crippen molar-refractivity contribution in [2.45, 2.75) is 6.23 Å². The van der Waals surface area contributed by atoms with Crippen LogP contribution in [-0.2, 0) is 4.74 Å². The zero-order valence-electron chi connectivity index (χ0n) is 9.26. The third-order valence-corrected chi connectivity index (χ3v) is 2.89. The molecule has 1 aromatic heterocycles. The summed E-state index contributed by atoms with van der Waals surface area (Å²) in [6, 6.07) is 12.5. The van der Waals surface area contributed by atoms with Crippen molar-refractivity contribution in [2.75, 3.05) is 5.32 Å². The Morgan fingerprint density at radius 3 is 2.83 bits per heavy atom. The quantitative estimate of drug-likeness (QED) is 0.666. The molecule has 0 spiro atoms. The topological polar surface area (TPSA) is 51.2 Å². The van der Waals surface area contributed by atoms with Gasteiger partial charge in [-0.2, -0.15) is 0 Å². The molecule has 18 heavy (non-hydrogen) atoms. The van der Waals surface area contributed by atoms with Crippen LogP contribution < -0.4 is 5.32 Å². The number of pyridine rings is 1. The predicted molar refractivity (Wildman–Crippen MR) is 67.5 cm³/mol. The lowest BCUT2D eigenvalue weighted by molar-refractivity contribution is 0.0436. The fraction of sp³-hybridized carbons (Fsp3) is 0.0769. The van der Waals surface area contributed by atoms with Gasteiger partial charge in [-0.25, -0.2) is 9.78 Å². The van der Waals surface area contributed by atoms with Crippen molar-refractivity contribution in [3.05, 3.63) is 58.7 Å². The summed E-state index contributed by atoms with van der Waals surface area (Å²) < 4.78 is 5.24. The first kappa shape index (κ1) is 11.0. The molecular formula is C13H9ClN2O2. The number of aromatic nitrogens is 1. The van der Waals surface area contributed by atoms with Crippen molar-refractivity contribution in [1.82, 2.24) is 4.98 Å². The lowest BCUT2D eigenvalue weighted by atomic mass is 10.1. The molecule has 2 heterocycles. The molecule has 1 unspecified atom stereocenters. The van der Waals surface area contributed by atoms with Crippen LogP contribution in [0.25, 0.3) is 0 Å². The maximum absolute atomic E-state index is 11.6. The summed E-state index contributed by atoms with van der Waals surface area (Å²) in [4.78, 5) is 15.7. The Labute approximate surface area is 109 Å². The number of nitrogens with zero attached hydrogens (tertiary/aromatic N) is 1. The number of rotatable bonds is 2. The highest BCUT2D eigenvalue weighted by molar-refractivity contribution is 6.29. The van der Waals surface area contributed by atoms with E-state index in [-0.39, 0.29) is 5.97 Å². The van der Waals surface area contributed by atoms with E-state index in [0.717, 1.165) is 5.56 Å². The van der Waals surface area contributed by atoms with Gasteiger partial charge >= 0.3 is 5.97 Å². The lowest BCUT2D eigenvalue weighted by Gasteiger charge is -2.13. The summed E-state index contributed by atoms with van der Waals surface area (Å²) in [5.74, 6) is 0.238. The molecule has 1 atom stereocenters. The number of ether oxygens (including phenoxy) is 1. The highest BCUT2D eigenvalue weighted by Crippen LogP contribution is 2.30. The van der Waals surface area contributed by atoms with E-state index in [0.29, 0.717) is 16.5 Å². The van der Waals surface area contributed by atoms with E-state index in [1.54, 1.807) is 30.3 Å². The monoisotopic (exact) mass is 260 g/mol. The Balaban J connectivity index is 1.90. The van der Waals surface area contributed by atoms with Crippen LogP contribution in [0.5, 0.6) is 0 Å². The van der Waals surface area contributed by atoms with E-state index >= 15 is 0 Å². The Bertz CT molecular complexity index is 615. The van der Waals surface area contributed by atoms with Gasteiger partial charge in [-0.1, -0.05) is 35.9 Å². The minimum Gasteiger partial charge on any atom is -0.434 e. The van der Waals surface area contributed by atoms with Crippen LogP contribution in [0.2, 0.25) is 5.15 Å². The second-order valence-electron chi connectivity index (χ2n) is 3.86. The average molecular weight is 261 g/mol. The Morgan fingerprint density at radius 2 is 2.00 bits per heavy atom. The molecule has 90 valence electrons. The van der Waals surface area contributed by atoms with Gasteiger partial charge in [-0.05, 0) is 18.2 Å². The van der Waals surface area contributed by atoms with E-state index < -0.39 is 6.23 Å². The van der Waals surface area contributed by atoms with E-state index in [1.807, 2.05) is 12.1 Å². The first-order valence-electron chi connectivity index (χ1n) is 5.43. The smallest absolute Gasteiger partial charge is 0.340 e. The second kappa shape index (κ2) is 4.31. The fourth-order valence-electron chi connectivity index (χ4n) is 1.88. The van der Waals surface area contributed by atoms with Crippen LogP contribution in [0, 0.1) is 0 Å². The summed E-state index contributed by atoms with van der Waals surface area (Å²) in [6.07, 6.45) is -0.514. The number of hydrogen-bond acceptors (Lipinski definition) is 4. The largest absolute Gasteiger partial charge is 0.434 e. The molecule has 0 aliphatic carbocycles. The molecule has 1 aromatic carbocycles. The van der Waals surface area contributed by atoms with Crippen LogP contribution in [0.4, 0.5) is 5.82 Å². The highest BCUT2D eigenvalue weighted by Gasteiger charge is 2.30. The summed E-state index contributed by atoms with van der Waals surface area (Å²) in [7, 11) is 0. The maximum atomic E-state index is 11.6. The number of carbonyl (C=O) groups is 1. The first-order valence-corrected chi connectivity index (χ1v) is 5.81. The summed E-state index contributed by atoms with van der Waals surface area (Å²) in [5, 5.41) is 3.42. The molecule has 0 saturated heterocycles. The van der Waals surface area contributed by atoms with E-state index in [2.05, 4.69) is 10.3 Å². The Hall–Kier alpha value is -2.07. The summed E-state index contributed by atoms with van der Waals surface area (Å²) in [6.45, 7) is 0. The van der Waals surface area contributed by atoms with Gasteiger partial charge in [0.2, 0.25) is 6.23 Å². The zero-order chi connectivity index (χ0) is 12.5. The van der Waals surface area contributed by atoms with E-state index in [9.17, 15) is 4.79 Å². The molecule has 5 heteroatoms. The molecule has 1 N–H and O–H groups in total. The molecule has 0 bridgehead atoms. The minimum atomic E-state index is -0.514. The molecule has 1 aliphatic heterocycles. The number of benzene rings is 1. The maximum Gasteiger partial charge on any atom is 0.340 e. The fourth-order valence-corrected chi connectivity index (χ4v) is 2.04. The molecule has 3 rings (SSSR count). The zero-order valence-corrected chi connectivity index (χ0v) is 10.0. The van der Waals surface area contributed by atoms with Gasteiger partial charge in [0.15, 0.2) is 0 Å². The van der Waals surface area contributed by atoms with Crippen molar-refractivity contribution < 1.29 is 9.53 Å². The first-order chi connectivity index (χ1) is 8.74. The Kier molecular flexibility index (Phi) is 2.64. The van der Waals surface area contributed by atoms with Crippen LogP contribution in [0.15, 0.2) is 42.5 Å². The SMILES string of the molecule is O=C1OC(Nc2cccc(Cl)n2)c2ccccc21. The van der Waals surface area contributed by atoms with E-state index in [1.165, 1.54) is 0 Å². The van der Waals surface area contributed by atoms with Gasteiger partial charge in [0.25, 0.3) is 0 Å². The van der Waals surface area contributed by atoms with Gasteiger partial charge < -0.3 is 10.1 Å². The standard InChI is InChI=1S/C13H9ClN2O2/c14-10-6-3-7-11(15-10)16-12-8-4-1-2-5-9(8)13(17)18-12/h1-7,12H,(H,15,16). The number of nitrogens with one attached hydrogen (secondary N) is 1. The number of hydrogen-bond donors (Lipinski definition) is 1. The molecule has 2 aromatic rings. The van der Waals surface area contributed by atoms with Gasteiger partial charge in [-0.3, -0.25) is 0 Å². The third kappa shape index (κ3) is 1.91. The molecular weight excluding hydrogens is 252 g/mol. The number of anilines is 1. The van der Waals surface area contributed by atoms with Crippen LogP contribution in [0.1, 0.15) is 22.1 Å². The van der Waals surface area contributed by atoms with Gasteiger partial charge in [0, 0.05) is 5.56 Å². The minimum absolute atomic E-state index is 0.329. The number of cyclic esters (lactones) is 1. The molecule has 0 amide bonds. The van der Waals surface area contributed by atoms with Crippen molar-refractivity contribution in [3.8, 4) is 0 Å². The van der Waals surface area contributed by atoms with Gasteiger partial charge in [0.05, 0.1) is 5.56 Å². The molecule has 1 aliphatic rings. The molecule has 0 fully saturated rings. The van der Waals surface area contributed by atoms with Crippen LogP contribution in [-0.4, -0.2) is 11.0 Å². The Morgan fingerprint density at radius 1 is 1.17 bits per heavy atom. The van der Waals surface area contributed by atoms with E-state index in [4.69, 9.17) is 16.3 Å². The average Bonchev–Trinajstić information content (AvgIpc) is 2.67. The van der Waals surface area contributed by atoms with Crippen molar-refractivity contribution in [3.63, 3.8) is 0 Å².